The molecule has 4 rings (SSSR count). The Balaban J connectivity index is 1.89. The van der Waals surface area contributed by atoms with E-state index in [9.17, 15) is 8.42 Å². The van der Waals surface area contributed by atoms with Crippen LogP contribution in [0.5, 0.6) is 0 Å². The zero-order chi connectivity index (χ0) is 16.9. The summed E-state index contributed by atoms with van der Waals surface area (Å²) in [6.07, 6.45) is 6.05. The third-order valence-corrected chi connectivity index (χ3v) is 5.76. The Labute approximate surface area is 145 Å². The van der Waals surface area contributed by atoms with Crippen molar-refractivity contribution in [3.05, 3.63) is 53.3 Å². The van der Waals surface area contributed by atoms with Crippen molar-refractivity contribution >= 4 is 43.9 Å². The van der Waals surface area contributed by atoms with Gasteiger partial charge in [0.2, 0.25) is 0 Å². The van der Waals surface area contributed by atoms with Crippen molar-refractivity contribution in [1.82, 2.24) is 9.47 Å². The van der Waals surface area contributed by atoms with Crippen LogP contribution in [-0.2, 0) is 17.1 Å². The van der Waals surface area contributed by atoms with Gasteiger partial charge in [0, 0.05) is 42.5 Å². The van der Waals surface area contributed by atoms with Gasteiger partial charge < -0.3 is 9.47 Å². The minimum Gasteiger partial charge on any atom is -0.351 e. The van der Waals surface area contributed by atoms with E-state index in [0.717, 1.165) is 22.0 Å². The molecule has 1 aromatic heterocycles. The summed E-state index contributed by atoms with van der Waals surface area (Å²) in [5.74, 6) is 0.510. The maximum absolute atomic E-state index is 12.1. The largest absolute Gasteiger partial charge is 0.351 e. The van der Waals surface area contributed by atoms with Crippen LogP contribution in [0.1, 0.15) is 12.0 Å². The van der Waals surface area contributed by atoms with Crippen molar-refractivity contribution in [2.45, 2.75) is 6.42 Å². The van der Waals surface area contributed by atoms with Crippen molar-refractivity contribution in [1.29, 1.82) is 0 Å². The first-order valence-corrected chi connectivity index (χ1v) is 9.66. The molecule has 0 saturated heterocycles. The number of allylic oxidation sites excluding steroid dienone is 2. The summed E-state index contributed by atoms with van der Waals surface area (Å²) in [5.41, 5.74) is 2.75. The predicted octanol–water partition coefficient (Wildman–Crippen LogP) is 3.09. The summed E-state index contributed by atoms with van der Waals surface area (Å²) in [5, 5.41) is 1.65. The Morgan fingerprint density at radius 1 is 1.25 bits per heavy atom. The molecule has 2 aliphatic heterocycles. The van der Waals surface area contributed by atoms with E-state index >= 15 is 0 Å². The minimum absolute atomic E-state index is 0.0590. The molecule has 0 spiro atoms. The van der Waals surface area contributed by atoms with Gasteiger partial charge in [0.25, 0.3) is 10.0 Å². The average Bonchev–Trinajstić information content (AvgIpc) is 2.81. The van der Waals surface area contributed by atoms with Gasteiger partial charge in [0.05, 0.1) is 10.8 Å². The number of hydrogen-bond acceptors (Lipinski definition) is 3. The van der Waals surface area contributed by atoms with Crippen LogP contribution in [0, 0.1) is 0 Å². The van der Waals surface area contributed by atoms with Crippen molar-refractivity contribution in [3.63, 3.8) is 0 Å². The van der Waals surface area contributed by atoms with E-state index < -0.39 is 10.0 Å². The Morgan fingerprint density at radius 3 is 2.92 bits per heavy atom. The van der Waals surface area contributed by atoms with Gasteiger partial charge in [-0.25, -0.2) is 8.42 Å². The van der Waals surface area contributed by atoms with E-state index in [1.165, 1.54) is 0 Å². The summed E-state index contributed by atoms with van der Waals surface area (Å²) < 4.78 is 30.3. The highest BCUT2D eigenvalue weighted by molar-refractivity contribution is 7.90. The Bertz CT molecular complexity index is 1030. The second-order valence-electron chi connectivity index (χ2n) is 6.02. The SMILES string of the molecule is Cn1ccc2cc(C3=CC(Cl)=CN4CCCS(=O)(=O)N=C34)ccc21. The lowest BCUT2D eigenvalue weighted by atomic mass is 10.0. The molecule has 0 N–H and O–H groups in total. The smallest absolute Gasteiger partial charge is 0.255 e. The summed E-state index contributed by atoms with van der Waals surface area (Å²) in [4.78, 5) is 1.83. The second kappa shape index (κ2) is 5.50. The van der Waals surface area contributed by atoms with Crippen molar-refractivity contribution < 1.29 is 8.42 Å². The number of halogens is 1. The maximum atomic E-state index is 12.1. The third kappa shape index (κ3) is 2.65. The van der Waals surface area contributed by atoms with E-state index in [1.807, 2.05) is 47.0 Å². The summed E-state index contributed by atoms with van der Waals surface area (Å²) in [6.45, 7) is 0.583. The van der Waals surface area contributed by atoms with Crippen LogP contribution >= 0.6 is 11.6 Å². The molecule has 0 aliphatic carbocycles. The monoisotopic (exact) mass is 361 g/mol. The highest BCUT2D eigenvalue weighted by atomic mass is 35.5. The number of hydrogen-bond donors (Lipinski definition) is 0. The van der Waals surface area contributed by atoms with Gasteiger partial charge in [-0.3, -0.25) is 0 Å². The van der Waals surface area contributed by atoms with E-state index in [0.29, 0.717) is 23.8 Å². The zero-order valence-corrected chi connectivity index (χ0v) is 14.7. The molecule has 0 radical (unpaired) electrons. The number of rotatable bonds is 1. The van der Waals surface area contributed by atoms with Crippen LogP contribution in [0.25, 0.3) is 16.5 Å². The Morgan fingerprint density at radius 2 is 2.08 bits per heavy atom. The minimum atomic E-state index is -3.46. The topological polar surface area (TPSA) is 54.7 Å². The standard InChI is InChI=1S/C17H16ClN3O2S/c1-20-7-5-13-9-12(3-4-16(13)20)15-10-14(18)11-21-6-2-8-24(22,23)19-17(15)21/h3-5,7,9-11H,2,6,8H2,1H3. The van der Waals surface area contributed by atoms with Crippen LogP contribution in [-0.4, -0.2) is 36.0 Å². The van der Waals surface area contributed by atoms with Gasteiger partial charge in [-0.1, -0.05) is 17.7 Å². The molecular weight excluding hydrogens is 346 g/mol. The highest BCUT2D eigenvalue weighted by Crippen LogP contribution is 2.31. The first-order valence-electron chi connectivity index (χ1n) is 7.67. The zero-order valence-electron chi connectivity index (χ0n) is 13.1. The lowest BCUT2D eigenvalue weighted by molar-refractivity contribution is 0.553. The van der Waals surface area contributed by atoms with Gasteiger partial charge in [-0.2, -0.15) is 0 Å². The molecule has 0 bridgehead atoms. The fourth-order valence-corrected chi connectivity index (χ4v) is 4.41. The molecule has 2 aromatic rings. The number of sulfonamides is 1. The molecule has 24 heavy (non-hydrogen) atoms. The molecule has 0 fully saturated rings. The van der Waals surface area contributed by atoms with Crippen LogP contribution < -0.4 is 0 Å². The number of nitrogens with zero attached hydrogens (tertiary/aromatic N) is 3. The number of amidine groups is 1. The van der Waals surface area contributed by atoms with E-state index in [-0.39, 0.29) is 5.75 Å². The van der Waals surface area contributed by atoms with Crippen molar-refractivity contribution in [2.24, 2.45) is 11.4 Å². The maximum Gasteiger partial charge on any atom is 0.255 e. The van der Waals surface area contributed by atoms with E-state index in [4.69, 9.17) is 11.6 Å². The van der Waals surface area contributed by atoms with Gasteiger partial charge in [-0.05, 0) is 36.3 Å². The van der Waals surface area contributed by atoms with Gasteiger partial charge in [-0.15, -0.1) is 4.40 Å². The quantitative estimate of drug-likeness (QED) is 0.784. The molecule has 0 saturated carbocycles. The number of aromatic nitrogens is 1. The second-order valence-corrected chi connectivity index (χ2v) is 8.21. The summed E-state index contributed by atoms with van der Waals surface area (Å²) in [7, 11) is -1.47. The van der Waals surface area contributed by atoms with Gasteiger partial charge in [0.15, 0.2) is 5.84 Å². The third-order valence-electron chi connectivity index (χ3n) is 4.30. The van der Waals surface area contributed by atoms with Gasteiger partial charge in [0.1, 0.15) is 0 Å². The van der Waals surface area contributed by atoms with Crippen LogP contribution in [0.3, 0.4) is 0 Å². The lowest BCUT2D eigenvalue weighted by Gasteiger charge is -2.26. The molecular formula is C17H16ClN3O2S. The number of fused-ring (bicyclic) bond motifs is 2. The van der Waals surface area contributed by atoms with Crippen LogP contribution in [0.15, 0.2) is 52.2 Å². The fourth-order valence-electron chi connectivity index (χ4n) is 3.13. The molecule has 3 heterocycles. The lowest BCUT2D eigenvalue weighted by Crippen LogP contribution is -2.29. The van der Waals surface area contributed by atoms with Crippen LogP contribution in [0.4, 0.5) is 0 Å². The van der Waals surface area contributed by atoms with E-state index in [2.05, 4.69) is 4.40 Å². The number of benzene rings is 1. The summed E-state index contributed by atoms with van der Waals surface area (Å²) >= 11 is 6.26. The summed E-state index contributed by atoms with van der Waals surface area (Å²) in [6, 6.07) is 8.06. The highest BCUT2D eigenvalue weighted by Gasteiger charge is 2.27. The predicted molar refractivity (Wildman–Crippen MR) is 97.4 cm³/mol. The molecule has 7 heteroatoms. The van der Waals surface area contributed by atoms with Crippen LogP contribution in [0.2, 0.25) is 0 Å². The Kier molecular flexibility index (Phi) is 3.54. The molecule has 1 aromatic carbocycles. The average molecular weight is 362 g/mol. The Hall–Kier alpha value is -2.05. The molecule has 124 valence electrons. The van der Waals surface area contributed by atoms with Crippen molar-refractivity contribution in [3.8, 4) is 0 Å². The van der Waals surface area contributed by atoms with E-state index in [1.54, 1.807) is 12.3 Å². The molecule has 0 unspecified atom stereocenters. The van der Waals surface area contributed by atoms with Crippen molar-refractivity contribution in [2.75, 3.05) is 12.3 Å². The normalized spacial score (nSPS) is 20.1. The fraction of sp³-hybridized carbons (Fsp3) is 0.235. The number of aryl methyl sites for hydroxylation is 1. The first-order chi connectivity index (χ1) is 11.4. The molecule has 0 amide bonds. The molecule has 5 nitrogen and oxygen atoms in total. The molecule has 2 aliphatic rings. The first kappa shape index (κ1) is 15.5. The van der Waals surface area contributed by atoms with Gasteiger partial charge >= 0.3 is 0 Å². The molecule has 0 atom stereocenters.